The van der Waals surface area contributed by atoms with E-state index >= 15 is 0 Å². The molecule has 0 radical (unpaired) electrons. The van der Waals surface area contributed by atoms with Gasteiger partial charge in [0.25, 0.3) is 0 Å². The second-order valence-electron chi connectivity index (χ2n) is 18.1. The quantitative estimate of drug-likeness (QED) is 0.0674. The van der Waals surface area contributed by atoms with Gasteiger partial charge in [-0.3, -0.25) is 11.8 Å². The predicted molar refractivity (Wildman–Crippen MR) is 288 cm³/mol. The average molecular weight is 1280 g/mol. The molecule has 0 aliphatic heterocycles. The monoisotopic (exact) mass is 1280 g/mol. The molecule has 0 aromatic heterocycles. The summed E-state index contributed by atoms with van der Waals surface area (Å²) < 4.78 is 0. The third-order valence-electron chi connectivity index (χ3n) is 13.4. The molecule has 0 saturated heterocycles. The number of allylic oxidation sites excluding steroid dienone is 4. The Morgan fingerprint density at radius 1 is 0.397 bits per heavy atom. The number of hydrogen-bond donors (Lipinski definition) is 0. The number of benzene rings is 8. The first-order chi connectivity index (χ1) is 32.2. The second kappa shape index (κ2) is 22.4. The van der Waals surface area contributed by atoms with Crippen LogP contribution in [0.25, 0.3) is 22.3 Å². The van der Waals surface area contributed by atoms with Crippen molar-refractivity contribution in [1.29, 1.82) is 0 Å². The van der Waals surface area contributed by atoms with Crippen molar-refractivity contribution in [3.05, 3.63) is 270 Å². The molecule has 1 unspecified atom stereocenters. The van der Waals surface area contributed by atoms with Gasteiger partial charge in [-0.15, -0.1) is 35.4 Å². The summed E-state index contributed by atoms with van der Waals surface area (Å²) in [5, 5.41) is 8.92. The van der Waals surface area contributed by atoms with Gasteiger partial charge in [0.15, 0.2) is 0 Å². The summed E-state index contributed by atoms with van der Waals surface area (Å²) in [7, 11) is -2.21. The summed E-state index contributed by atoms with van der Waals surface area (Å²) in [6.07, 6.45) is 24.0. The Morgan fingerprint density at radius 2 is 0.765 bits per heavy atom. The van der Waals surface area contributed by atoms with Gasteiger partial charge in [0.1, 0.15) is 42.4 Å². The maximum Gasteiger partial charge on any atom is 1.00 e. The number of rotatable bonds is 6. The zero-order valence-electron chi connectivity index (χ0n) is 38.8. The fourth-order valence-corrected chi connectivity index (χ4v) is 16.2. The Hall–Kier alpha value is -5.30. The van der Waals surface area contributed by atoms with Crippen molar-refractivity contribution < 1.29 is 44.8 Å². The molecule has 340 valence electrons. The van der Waals surface area contributed by atoms with E-state index in [9.17, 15) is 0 Å². The van der Waals surface area contributed by atoms with Crippen molar-refractivity contribution in [2.45, 2.75) is 51.4 Å². The molecule has 3 aliphatic carbocycles. The fourth-order valence-electron chi connectivity index (χ4n) is 10.1. The van der Waals surface area contributed by atoms with E-state index in [2.05, 4.69) is 246 Å². The van der Waals surface area contributed by atoms with E-state index in [1.807, 2.05) is 12.1 Å². The van der Waals surface area contributed by atoms with Crippen LogP contribution in [0.3, 0.4) is 0 Å². The third kappa shape index (κ3) is 10.2. The van der Waals surface area contributed by atoms with E-state index in [-0.39, 0.29) is 55.6 Å². The van der Waals surface area contributed by atoms with Gasteiger partial charge < -0.3 is 12.8 Å². The smallest absolute Gasteiger partial charge is 0.366 e. The van der Waals surface area contributed by atoms with E-state index in [0.717, 1.165) is 24.0 Å². The average Bonchev–Trinajstić information content (AvgIpc) is 3.75. The van der Waals surface area contributed by atoms with E-state index in [1.165, 1.54) is 76.3 Å². The van der Waals surface area contributed by atoms with E-state index in [1.54, 1.807) is 0 Å². The van der Waals surface area contributed by atoms with Crippen LogP contribution in [0.4, 0.5) is 0 Å². The largest absolute Gasteiger partial charge is 1.00 e. The standard InChI is InChI=1S/C30H26P2.2C17H13.2Au/c1-5-15-25(16-6-1)31(26-17-7-2-8-18-26)29-23-13-14-24-30(29)32(27-19-9-3-10-20-27)28-21-11-4-12-22-28;2*1-4-12-9-10-16-14(11-12)13-7-5-6-8-15(13)17(16,2)3;;/h1-3,5-11,13-24H,4,12H2;2*5-11H,2-3H3;;/q;2*-1;2*+1/p+2. The SMILES string of the molecule is C1=CC([PH+](c2ccccc2)c2ccccc2[PH+](c2ccccc2)c2ccccc2)=CCC1.[Au+].[Au+].[C-]#Cc1ccc2c(c1)-c1ccccc1C2(C)C.[C-]#Cc1ccc2c(c1)-c1ccccc1C2(C)C. The molecule has 68 heavy (non-hydrogen) atoms. The molecule has 0 fully saturated rings. The molecular formula is C64H54Au2P2+2. The van der Waals surface area contributed by atoms with Crippen LogP contribution in [0, 0.1) is 24.7 Å². The van der Waals surface area contributed by atoms with Crippen LogP contribution < -0.4 is 26.5 Å². The minimum absolute atomic E-state index is 0. The molecule has 0 nitrogen and oxygen atoms in total. The van der Waals surface area contributed by atoms with Crippen LogP contribution in [0.2, 0.25) is 0 Å². The molecule has 11 rings (SSSR count). The van der Waals surface area contributed by atoms with Gasteiger partial charge in [-0.2, -0.15) is 0 Å². The molecule has 4 heteroatoms. The molecule has 0 bridgehead atoms. The van der Waals surface area contributed by atoms with Crippen LogP contribution in [0.5, 0.6) is 0 Å². The van der Waals surface area contributed by atoms with Gasteiger partial charge in [0.2, 0.25) is 0 Å². The molecular weight excluding hydrogens is 1220 g/mol. The van der Waals surface area contributed by atoms with Crippen molar-refractivity contribution in [1.82, 2.24) is 0 Å². The molecule has 8 aromatic carbocycles. The van der Waals surface area contributed by atoms with E-state index < -0.39 is 15.8 Å². The maximum absolute atomic E-state index is 7.24. The van der Waals surface area contributed by atoms with E-state index in [0.29, 0.717) is 0 Å². The molecule has 3 aliphatic rings. The minimum atomic E-state index is -1.12. The summed E-state index contributed by atoms with van der Waals surface area (Å²) in [5.74, 6) is 4.93. The summed E-state index contributed by atoms with van der Waals surface area (Å²) in [5.41, 5.74) is 12.3. The third-order valence-corrected chi connectivity index (χ3v) is 19.3. The Labute approximate surface area is 439 Å². The molecule has 0 N–H and O–H groups in total. The zero-order valence-corrected chi connectivity index (χ0v) is 45.1. The van der Waals surface area contributed by atoms with Crippen molar-refractivity contribution in [3.8, 4) is 34.1 Å². The van der Waals surface area contributed by atoms with Gasteiger partial charge in [-0.25, -0.2) is 0 Å². The fraction of sp³-hybridized carbons (Fsp3) is 0.125. The van der Waals surface area contributed by atoms with Gasteiger partial charge in [0.05, 0.1) is 5.31 Å². The Morgan fingerprint density at radius 3 is 1.18 bits per heavy atom. The van der Waals surface area contributed by atoms with Crippen molar-refractivity contribution >= 4 is 42.4 Å². The first kappa shape index (κ1) is 50.6. The maximum atomic E-state index is 7.24. The molecule has 1 atom stereocenters. The van der Waals surface area contributed by atoms with Crippen LogP contribution in [0.15, 0.2) is 224 Å². The summed E-state index contributed by atoms with van der Waals surface area (Å²) in [4.78, 5) is 0. The van der Waals surface area contributed by atoms with Crippen molar-refractivity contribution in [2.75, 3.05) is 0 Å². The summed E-state index contributed by atoms with van der Waals surface area (Å²) in [6.45, 7) is 9.02. The van der Waals surface area contributed by atoms with Crippen molar-refractivity contribution in [3.63, 3.8) is 0 Å². The molecule has 0 heterocycles. The van der Waals surface area contributed by atoms with Crippen LogP contribution in [0.1, 0.15) is 73.9 Å². The van der Waals surface area contributed by atoms with E-state index in [4.69, 9.17) is 12.8 Å². The van der Waals surface area contributed by atoms with Gasteiger partial charge in [0, 0.05) is 10.8 Å². The van der Waals surface area contributed by atoms with Gasteiger partial charge in [-0.05, 0) is 118 Å². The molecule has 8 aromatic rings. The minimum Gasteiger partial charge on any atom is -0.366 e. The zero-order chi connectivity index (χ0) is 45.7. The summed E-state index contributed by atoms with van der Waals surface area (Å²) >= 11 is 0. The number of hydrogen-bond acceptors (Lipinski definition) is 0. The molecule has 0 amide bonds. The first-order valence-electron chi connectivity index (χ1n) is 22.9. The topological polar surface area (TPSA) is 0 Å². The van der Waals surface area contributed by atoms with Crippen LogP contribution >= 0.6 is 15.8 Å². The Kier molecular flexibility index (Phi) is 16.7. The van der Waals surface area contributed by atoms with Gasteiger partial charge >= 0.3 is 44.8 Å². The second-order valence-corrected chi connectivity index (χ2v) is 23.0. The molecule has 0 spiro atoms. The van der Waals surface area contributed by atoms with Crippen molar-refractivity contribution in [2.24, 2.45) is 0 Å². The normalized spacial score (nSPS) is 14.1. The van der Waals surface area contributed by atoms with Crippen LogP contribution in [-0.4, -0.2) is 0 Å². The predicted octanol–water partition coefficient (Wildman–Crippen LogP) is 13.4. The summed E-state index contributed by atoms with van der Waals surface area (Å²) in [6, 6.07) is 72.0. The Balaban J connectivity index is 0.000000161. The number of fused-ring (bicyclic) bond motifs is 6. The van der Waals surface area contributed by atoms with Crippen LogP contribution in [-0.2, 0) is 55.6 Å². The first-order valence-corrected chi connectivity index (χ1v) is 25.9. The Bertz CT molecular complexity index is 3010. The molecule has 0 saturated carbocycles. The van der Waals surface area contributed by atoms with Gasteiger partial charge in [-0.1, -0.05) is 161 Å².